The first-order valence-corrected chi connectivity index (χ1v) is 4.42. The molecule has 0 saturated carbocycles. The van der Waals surface area contributed by atoms with Gasteiger partial charge in [0.2, 0.25) is 5.91 Å². The average Bonchev–Trinajstić information content (AvgIpc) is 2.03. The molecule has 0 radical (unpaired) electrons. The molecule has 64 valence electrons. The molecule has 1 rings (SSSR count). The maximum absolute atomic E-state index is 13.0. The van der Waals surface area contributed by atoms with Gasteiger partial charge in [0.1, 0.15) is 5.82 Å². The summed E-state index contributed by atoms with van der Waals surface area (Å²) in [6, 6.07) is 4.26. The van der Waals surface area contributed by atoms with Gasteiger partial charge in [-0.3, -0.25) is 4.79 Å². The molecule has 0 spiro atoms. The first kappa shape index (κ1) is 9.19. The summed E-state index contributed by atoms with van der Waals surface area (Å²) in [5, 5.41) is 0.290. The highest BCUT2D eigenvalue weighted by Crippen LogP contribution is 2.15. The van der Waals surface area contributed by atoms with Crippen molar-refractivity contribution in [3.63, 3.8) is 0 Å². The number of benzene rings is 1. The third-order valence-electron chi connectivity index (χ3n) is 1.52. The molecular formula is C8H7BrFNO. The highest BCUT2D eigenvalue weighted by molar-refractivity contribution is 9.08. The van der Waals surface area contributed by atoms with Crippen LogP contribution in [0.3, 0.4) is 0 Å². The second-order valence-corrected chi connectivity index (χ2v) is 2.82. The normalized spacial score (nSPS) is 9.83. The van der Waals surface area contributed by atoms with Crippen LogP contribution in [0.15, 0.2) is 18.2 Å². The fourth-order valence-corrected chi connectivity index (χ4v) is 1.50. The Hall–Kier alpha value is -0.900. The van der Waals surface area contributed by atoms with Crippen molar-refractivity contribution in [1.82, 2.24) is 0 Å². The molecule has 0 unspecified atom stereocenters. The molecule has 0 atom stereocenters. The lowest BCUT2D eigenvalue weighted by Crippen LogP contribution is -2.14. The van der Waals surface area contributed by atoms with E-state index in [0.717, 1.165) is 0 Å². The predicted molar refractivity (Wildman–Crippen MR) is 47.5 cm³/mol. The Balaban J connectivity index is 3.27. The number of rotatable bonds is 2. The van der Waals surface area contributed by atoms with Crippen LogP contribution in [0.5, 0.6) is 0 Å². The van der Waals surface area contributed by atoms with E-state index in [-0.39, 0.29) is 10.9 Å². The van der Waals surface area contributed by atoms with Gasteiger partial charge < -0.3 is 5.73 Å². The van der Waals surface area contributed by atoms with Gasteiger partial charge in [-0.1, -0.05) is 22.0 Å². The first-order chi connectivity index (χ1) is 5.66. The summed E-state index contributed by atoms with van der Waals surface area (Å²) in [5.41, 5.74) is 5.57. The molecule has 0 aromatic heterocycles. The van der Waals surface area contributed by atoms with Crippen LogP contribution in [-0.4, -0.2) is 5.91 Å². The maximum Gasteiger partial charge on any atom is 0.249 e. The van der Waals surface area contributed by atoms with Crippen molar-refractivity contribution in [2.45, 2.75) is 5.33 Å². The summed E-state index contributed by atoms with van der Waals surface area (Å²) in [5.74, 6) is -1.02. The lowest BCUT2D eigenvalue weighted by Gasteiger charge is -2.03. The fourth-order valence-electron chi connectivity index (χ4n) is 0.925. The van der Waals surface area contributed by atoms with Crippen LogP contribution in [0.2, 0.25) is 0 Å². The zero-order valence-corrected chi connectivity index (χ0v) is 7.77. The quantitative estimate of drug-likeness (QED) is 0.776. The SMILES string of the molecule is NC(=O)c1cccc(F)c1CBr. The van der Waals surface area contributed by atoms with E-state index in [9.17, 15) is 9.18 Å². The standard InChI is InChI=1S/C8H7BrFNO/c9-4-6-5(8(11)12)2-1-3-7(6)10/h1-3H,4H2,(H2,11,12). The molecule has 0 saturated heterocycles. The van der Waals surface area contributed by atoms with E-state index in [1.54, 1.807) is 0 Å². The topological polar surface area (TPSA) is 43.1 Å². The number of hydrogen-bond donors (Lipinski definition) is 1. The highest BCUT2D eigenvalue weighted by atomic mass is 79.9. The van der Waals surface area contributed by atoms with E-state index in [1.165, 1.54) is 18.2 Å². The summed E-state index contributed by atoms with van der Waals surface area (Å²) >= 11 is 3.08. The molecular weight excluding hydrogens is 225 g/mol. The minimum atomic E-state index is -0.607. The zero-order chi connectivity index (χ0) is 9.14. The molecule has 0 heterocycles. The van der Waals surface area contributed by atoms with Crippen molar-refractivity contribution in [3.05, 3.63) is 35.1 Å². The number of halogens is 2. The van der Waals surface area contributed by atoms with Gasteiger partial charge in [0.05, 0.1) is 0 Å². The van der Waals surface area contributed by atoms with Crippen LogP contribution in [0.1, 0.15) is 15.9 Å². The molecule has 1 aromatic rings. The van der Waals surface area contributed by atoms with Crippen LogP contribution in [0.25, 0.3) is 0 Å². The van der Waals surface area contributed by atoms with Gasteiger partial charge in [-0.05, 0) is 12.1 Å². The number of nitrogens with two attached hydrogens (primary N) is 1. The monoisotopic (exact) mass is 231 g/mol. The molecule has 0 aliphatic heterocycles. The third kappa shape index (κ3) is 1.64. The lowest BCUT2D eigenvalue weighted by atomic mass is 10.1. The molecule has 2 nitrogen and oxygen atoms in total. The number of hydrogen-bond acceptors (Lipinski definition) is 1. The van der Waals surface area contributed by atoms with E-state index in [4.69, 9.17) is 5.73 Å². The van der Waals surface area contributed by atoms with Crippen LogP contribution in [0.4, 0.5) is 4.39 Å². The molecule has 12 heavy (non-hydrogen) atoms. The number of carbonyl (C=O) groups excluding carboxylic acids is 1. The average molecular weight is 232 g/mol. The summed E-state index contributed by atoms with van der Waals surface area (Å²) in [7, 11) is 0. The first-order valence-electron chi connectivity index (χ1n) is 3.30. The third-order valence-corrected chi connectivity index (χ3v) is 2.08. The van der Waals surface area contributed by atoms with Gasteiger partial charge in [-0.15, -0.1) is 0 Å². The molecule has 0 aliphatic rings. The van der Waals surface area contributed by atoms with Crippen LogP contribution in [-0.2, 0) is 5.33 Å². The maximum atomic E-state index is 13.0. The Kier molecular flexibility index (Phi) is 2.81. The van der Waals surface area contributed by atoms with Gasteiger partial charge in [-0.2, -0.15) is 0 Å². The van der Waals surface area contributed by atoms with Crippen LogP contribution in [0, 0.1) is 5.82 Å². The molecule has 0 aliphatic carbocycles. The van der Waals surface area contributed by atoms with Crippen molar-refractivity contribution in [2.75, 3.05) is 0 Å². The van der Waals surface area contributed by atoms with E-state index in [1.807, 2.05) is 0 Å². The van der Waals surface area contributed by atoms with E-state index in [2.05, 4.69) is 15.9 Å². The second kappa shape index (κ2) is 3.67. The van der Waals surface area contributed by atoms with Gasteiger partial charge in [-0.25, -0.2) is 4.39 Å². The molecule has 1 aromatic carbocycles. The van der Waals surface area contributed by atoms with Crippen molar-refractivity contribution in [2.24, 2.45) is 5.73 Å². The van der Waals surface area contributed by atoms with Crippen molar-refractivity contribution in [1.29, 1.82) is 0 Å². The van der Waals surface area contributed by atoms with Gasteiger partial charge in [0.25, 0.3) is 0 Å². The van der Waals surface area contributed by atoms with Crippen LogP contribution < -0.4 is 5.73 Å². The molecule has 0 fully saturated rings. The Morgan fingerprint density at radius 2 is 2.25 bits per heavy atom. The minimum absolute atomic E-state index is 0.229. The number of amides is 1. The number of primary amides is 1. The Bertz CT molecular complexity index is 314. The molecule has 2 N–H and O–H groups in total. The van der Waals surface area contributed by atoms with E-state index < -0.39 is 11.7 Å². The van der Waals surface area contributed by atoms with Crippen LogP contribution >= 0.6 is 15.9 Å². The van der Waals surface area contributed by atoms with Crippen molar-refractivity contribution in [3.8, 4) is 0 Å². The number of carbonyl (C=O) groups is 1. The van der Waals surface area contributed by atoms with Gasteiger partial charge >= 0.3 is 0 Å². The van der Waals surface area contributed by atoms with Gasteiger partial charge in [0.15, 0.2) is 0 Å². The zero-order valence-electron chi connectivity index (χ0n) is 6.18. The highest BCUT2D eigenvalue weighted by Gasteiger charge is 2.10. The minimum Gasteiger partial charge on any atom is -0.366 e. The van der Waals surface area contributed by atoms with Gasteiger partial charge in [0, 0.05) is 16.5 Å². The van der Waals surface area contributed by atoms with Crippen molar-refractivity contribution < 1.29 is 9.18 Å². The van der Waals surface area contributed by atoms with E-state index in [0.29, 0.717) is 5.56 Å². The Morgan fingerprint density at radius 3 is 2.67 bits per heavy atom. The smallest absolute Gasteiger partial charge is 0.249 e. The summed E-state index contributed by atoms with van der Waals surface area (Å²) in [4.78, 5) is 10.8. The summed E-state index contributed by atoms with van der Waals surface area (Å²) < 4.78 is 13.0. The molecule has 1 amide bonds. The Labute approximate surface area is 77.7 Å². The van der Waals surface area contributed by atoms with Crippen molar-refractivity contribution >= 4 is 21.8 Å². The predicted octanol–water partition coefficient (Wildman–Crippen LogP) is 1.82. The van der Waals surface area contributed by atoms with E-state index >= 15 is 0 Å². The molecule has 0 bridgehead atoms. The fraction of sp³-hybridized carbons (Fsp3) is 0.125. The second-order valence-electron chi connectivity index (χ2n) is 2.26. The largest absolute Gasteiger partial charge is 0.366 e. The summed E-state index contributed by atoms with van der Waals surface area (Å²) in [6.45, 7) is 0. The number of alkyl halides is 1. The Morgan fingerprint density at radius 1 is 1.58 bits per heavy atom. The lowest BCUT2D eigenvalue weighted by molar-refractivity contribution is 0.0999. The molecule has 4 heteroatoms. The summed E-state index contributed by atoms with van der Waals surface area (Å²) in [6.07, 6.45) is 0.